The van der Waals surface area contributed by atoms with Crippen LogP contribution in [-0.2, 0) is 12.6 Å². The van der Waals surface area contributed by atoms with Crippen molar-refractivity contribution in [2.75, 3.05) is 7.11 Å². The molecule has 1 aromatic heterocycles. The van der Waals surface area contributed by atoms with Crippen molar-refractivity contribution in [3.63, 3.8) is 0 Å². The molecule has 4 heteroatoms. The van der Waals surface area contributed by atoms with Gasteiger partial charge in [0.2, 0.25) is 0 Å². The number of methoxy groups -OCH3 is 1. The first-order valence-electron chi connectivity index (χ1n) is 5.94. The summed E-state index contributed by atoms with van der Waals surface area (Å²) in [6.45, 7) is 0. The summed E-state index contributed by atoms with van der Waals surface area (Å²) in [6, 6.07) is 0. The molecule has 4 nitrogen and oxygen atoms in total. The number of rotatable bonds is 2. The van der Waals surface area contributed by atoms with E-state index in [0.717, 1.165) is 30.7 Å². The van der Waals surface area contributed by atoms with Gasteiger partial charge in [-0.15, -0.1) is 0 Å². The minimum Gasteiger partial charge on any atom is -0.493 e. The second-order valence-corrected chi connectivity index (χ2v) is 5.19. The predicted octanol–water partition coefficient (Wildman–Crippen LogP) is 1.44. The predicted molar refractivity (Wildman–Crippen MR) is 59.1 cm³/mol. The molecule has 0 amide bonds. The van der Waals surface area contributed by atoms with Gasteiger partial charge in [0.05, 0.1) is 13.3 Å². The van der Waals surface area contributed by atoms with Crippen molar-refractivity contribution in [3.05, 3.63) is 11.9 Å². The molecule has 2 bridgehead atoms. The molecule has 3 atom stereocenters. The lowest BCUT2D eigenvalue weighted by Gasteiger charge is -2.32. The van der Waals surface area contributed by atoms with Crippen LogP contribution in [-0.4, -0.2) is 22.0 Å². The van der Waals surface area contributed by atoms with E-state index in [1.165, 1.54) is 6.42 Å². The summed E-state index contributed by atoms with van der Waals surface area (Å²) in [5.74, 6) is 1.80. The summed E-state index contributed by atoms with van der Waals surface area (Å²) in [5.41, 5.74) is 0.154. The molecule has 0 radical (unpaired) electrons. The number of aromatic nitrogens is 2. The minimum absolute atomic E-state index is 0.391. The van der Waals surface area contributed by atoms with Gasteiger partial charge in [0.25, 0.3) is 0 Å². The van der Waals surface area contributed by atoms with Gasteiger partial charge in [0.15, 0.2) is 5.75 Å². The fourth-order valence-electron chi connectivity index (χ4n) is 3.65. The first kappa shape index (κ1) is 10.1. The lowest BCUT2D eigenvalue weighted by Crippen LogP contribution is -2.34. The average Bonchev–Trinajstić information content (AvgIpc) is 2.91. The maximum atomic E-state index is 10.9. The lowest BCUT2D eigenvalue weighted by molar-refractivity contribution is -0.0271. The SMILES string of the molecule is COc1cnn(C)c1C1(O)CC2CCC1C2. The monoisotopic (exact) mass is 222 g/mol. The van der Waals surface area contributed by atoms with Crippen LogP contribution in [0.5, 0.6) is 5.75 Å². The Bertz CT molecular complexity index is 415. The van der Waals surface area contributed by atoms with E-state index in [0.29, 0.717) is 11.8 Å². The Hall–Kier alpha value is -1.03. The zero-order chi connectivity index (χ0) is 11.3. The van der Waals surface area contributed by atoms with Crippen molar-refractivity contribution >= 4 is 0 Å². The summed E-state index contributed by atoms with van der Waals surface area (Å²) in [7, 11) is 3.51. The zero-order valence-electron chi connectivity index (χ0n) is 9.81. The van der Waals surface area contributed by atoms with Crippen molar-refractivity contribution in [1.29, 1.82) is 0 Å². The quantitative estimate of drug-likeness (QED) is 0.823. The minimum atomic E-state index is -0.709. The zero-order valence-corrected chi connectivity index (χ0v) is 9.81. The Morgan fingerprint density at radius 1 is 1.56 bits per heavy atom. The topological polar surface area (TPSA) is 47.3 Å². The van der Waals surface area contributed by atoms with Gasteiger partial charge in [-0.25, -0.2) is 0 Å². The molecule has 16 heavy (non-hydrogen) atoms. The molecule has 1 aromatic rings. The van der Waals surface area contributed by atoms with Gasteiger partial charge in [-0.1, -0.05) is 0 Å². The Morgan fingerprint density at radius 3 is 2.94 bits per heavy atom. The number of aryl methyl sites for hydroxylation is 1. The maximum Gasteiger partial charge on any atom is 0.162 e. The van der Waals surface area contributed by atoms with E-state index in [1.54, 1.807) is 18.0 Å². The number of hydrogen-bond donors (Lipinski definition) is 1. The number of nitrogens with zero attached hydrogens (tertiary/aromatic N) is 2. The Kier molecular flexibility index (Phi) is 2.05. The van der Waals surface area contributed by atoms with Gasteiger partial charge in [-0.3, -0.25) is 4.68 Å². The van der Waals surface area contributed by atoms with Crippen molar-refractivity contribution in [2.45, 2.75) is 31.3 Å². The molecule has 0 aliphatic heterocycles. The molecule has 2 aliphatic rings. The number of ether oxygens (including phenoxy) is 1. The van der Waals surface area contributed by atoms with Crippen LogP contribution in [0, 0.1) is 11.8 Å². The van der Waals surface area contributed by atoms with Crippen molar-refractivity contribution in [2.24, 2.45) is 18.9 Å². The molecular weight excluding hydrogens is 204 g/mol. The molecule has 2 fully saturated rings. The van der Waals surface area contributed by atoms with Crippen LogP contribution in [0.4, 0.5) is 0 Å². The summed E-state index contributed by atoms with van der Waals surface area (Å²) in [6.07, 6.45) is 6.13. The van der Waals surface area contributed by atoms with Gasteiger partial charge in [0, 0.05) is 7.05 Å². The number of fused-ring (bicyclic) bond motifs is 2. The molecule has 1 heterocycles. The smallest absolute Gasteiger partial charge is 0.162 e. The van der Waals surface area contributed by atoms with Crippen LogP contribution in [0.3, 0.4) is 0 Å². The van der Waals surface area contributed by atoms with Gasteiger partial charge in [-0.05, 0) is 37.5 Å². The Morgan fingerprint density at radius 2 is 2.38 bits per heavy atom. The fourth-order valence-corrected chi connectivity index (χ4v) is 3.65. The molecule has 2 aliphatic carbocycles. The molecule has 0 aromatic carbocycles. The molecule has 0 spiro atoms. The molecule has 2 saturated carbocycles. The summed E-state index contributed by atoms with van der Waals surface area (Å²) < 4.78 is 7.07. The molecule has 88 valence electrons. The summed E-state index contributed by atoms with van der Waals surface area (Å²) in [4.78, 5) is 0. The van der Waals surface area contributed by atoms with Gasteiger partial charge >= 0.3 is 0 Å². The highest BCUT2D eigenvalue weighted by Crippen LogP contribution is 2.56. The van der Waals surface area contributed by atoms with Crippen LogP contribution < -0.4 is 4.74 Å². The van der Waals surface area contributed by atoms with Crippen LogP contribution >= 0.6 is 0 Å². The van der Waals surface area contributed by atoms with E-state index in [1.807, 2.05) is 7.05 Å². The van der Waals surface area contributed by atoms with E-state index in [2.05, 4.69) is 5.10 Å². The first-order chi connectivity index (χ1) is 7.65. The van der Waals surface area contributed by atoms with E-state index in [9.17, 15) is 5.11 Å². The van der Waals surface area contributed by atoms with Crippen molar-refractivity contribution in [3.8, 4) is 5.75 Å². The highest BCUT2D eigenvalue weighted by molar-refractivity contribution is 5.33. The Balaban J connectivity index is 2.05. The van der Waals surface area contributed by atoms with Crippen LogP contribution in [0.2, 0.25) is 0 Å². The highest BCUT2D eigenvalue weighted by atomic mass is 16.5. The maximum absolute atomic E-state index is 10.9. The molecule has 1 N–H and O–H groups in total. The third-order valence-corrected chi connectivity index (χ3v) is 4.35. The van der Waals surface area contributed by atoms with Crippen LogP contribution in [0.15, 0.2) is 6.20 Å². The fraction of sp³-hybridized carbons (Fsp3) is 0.750. The lowest BCUT2D eigenvalue weighted by atomic mass is 9.81. The number of hydrogen-bond acceptors (Lipinski definition) is 3. The molecule has 3 rings (SSSR count). The normalized spacial score (nSPS) is 36.9. The third-order valence-electron chi connectivity index (χ3n) is 4.35. The van der Waals surface area contributed by atoms with Crippen LogP contribution in [0.25, 0.3) is 0 Å². The summed E-state index contributed by atoms with van der Waals surface area (Å²) in [5, 5.41) is 15.1. The largest absolute Gasteiger partial charge is 0.493 e. The van der Waals surface area contributed by atoms with E-state index in [-0.39, 0.29) is 0 Å². The number of aliphatic hydroxyl groups is 1. The standard InChI is InChI=1S/C12H18N2O2/c1-14-11(10(16-2)7-13-14)12(15)6-8-3-4-9(12)5-8/h7-9,15H,3-6H2,1-2H3. The van der Waals surface area contributed by atoms with E-state index in [4.69, 9.17) is 4.74 Å². The van der Waals surface area contributed by atoms with Gasteiger partial charge in [0.1, 0.15) is 11.3 Å². The molecule has 3 unspecified atom stereocenters. The first-order valence-corrected chi connectivity index (χ1v) is 5.94. The Labute approximate surface area is 95.2 Å². The molecular formula is C12H18N2O2. The van der Waals surface area contributed by atoms with Gasteiger partial charge in [-0.2, -0.15) is 5.10 Å². The average molecular weight is 222 g/mol. The van der Waals surface area contributed by atoms with Crippen molar-refractivity contribution in [1.82, 2.24) is 9.78 Å². The summed E-state index contributed by atoms with van der Waals surface area (Å²) >= 11 is 0. The van der Waals surface area contributed by atoms with Crippen molar-refractivity contribution < 1.29 is 9.84 Å². The van der Waals surface area contributed by atoms with Gasteiger partial charge < -0.3 is 9.84 Å². The highest BCUT2D eigenvalue weighted by Gasteiger charge is 2.53. The third kappa shape index (κ3) is 1.16. The second-order valence-electron chi connectivity index (χ2n) is 5.19. The second kappa shape index (κ2) is 3.23. The van der Waals surface area contributed by atoms with Crippen LogP contribution in [0.1, 0.15) is 31.4 Å². The van der Waals surface area contributed by atoms with E-state index >= 15 is 0 Å². The van der Waals surface area contributed by atoms with E-state index < -0.39 is 5.60 Å². The molecule has 0 saturated heterocycles.